The van der Waals surface area contributed by atoms with Gasteiger partial charge in [0.15, 0.2) is 23.4 Å². The highest BCUT2D eigenvalue weighted by molar-refractivity contribution is 5.89. The molecule has 1 spiro atoms. The third kappa shape index (κ3) is 3.88. The molecule has 3 N–H and O–H groups in total. The number of carbonyl (C=O) groups excluding carboxylic acids is 4. The number of aliphatic hydroxyl groups excluding tert-OH is 2. The first-order chi connectivity index (χ1) is 17.4. The van der Waals surface area contributed by atoms with Crippen molar-refractivity contribution in [3.05, 3.63) is 23.8 Å². The summed E-state index contributed by atoms with van der Waals surface area (Å²) in [4.78, 5) is 49.3. The summed E-state index contributed by atoms with van der Waals surface area (Å²) in [6.07, 6.45) is -4.49. The van der Waals surface area contributed by atoms with Gasteiger partial charge >= 0.3 is 23.9 Å². The maximum absolute atomic E-state index is 13.0. The number of aliphatic hydroxyl groups is 3. The fourth-order valence-corrected chi connectivity index (χ4v) is 6.52. The van der Waals surface area contributed by atoms with Crippen LogP contribution in [0.1, 0.15) is 48.5 Å². The Bertz CT molecular complexity index is 1130. The zero-order chi connectivity index (χ0) is 28.6. The van der Waals surface area contributed by atoms with Crippen LogP contribution in [0.5, 0.6) is 0 Å². The van der Waals surface area contributed by atoms with Gasteiger partial charge in [-0.05, 0) is 38.5 Å². The summed E-state index contributed by atoms with van der Waals surface area (Å²) in [5.41, 5.74) is -6.67. The first-order valence-electron chi connectivity index (χ1n) is 12.3. The van der Waals surface area contributed by atoms with Gasteiger partial charge in [0.2, 0.25) is 0 Å². The van der Waals surface area contributed by atoms with Gasteiger partial charge in [-0.15, -0.1) is 0 Å². The van der Waals surface area contributed by atoms with E-state index >= 15 is 0 Å². The highest BCUT2D eigenvalue weighted by Crippen LogP contribution is 2.65. The van der Waals surface area contributed by atoms with Gasteiger partial charge in [-0.25, -0.2) is 4.79 Å². The van der Waals surface area contributed by atoms with Gasteiger partial charge in [0.25, 0.3) is 0 Å². The molecule has 2 aliphatic heterocycles. The molecule has 0 saturated carbocycles. The lowest BCUT2D eigenvalue weighted by molar-refractivity contribution is -0.225. The number of epoxide rings is 1. The molecule has 38 heavy (non-hydrogen) atoms. The highest BCUT2D eigenvalue weighted by atomic mass is 16.7. The standard InChI is InChI=1S/C26H34O12/c1-11-10-16-26(25(7,38-26)22(32)37-16)21(36-14(4)29)19-23(5,20(31)17(30)18(11)35-13(3)28)9-8-15(24(19,6)33)34-12(2)27/h8-10,15-21,30-31,33H,1-7H3/b11-10-/t15-,16+,17-,18?,19-,20+,21?,23+,24-,25+,26+/m1/s1. The molecule has 2 aliphatic carbocycles. The van der Waals surface area contributed by atoms with Crippen molar-refractivity contribution in [3.8, 4) is 0 Å². The van der Waals surface area contributed by atoms with Gasteiger partial charge in [0, 0.05) is 32.1 Å². The maximum atomic E-state index is 13.0. The third-order valence-corrected chi connectivity index (χ3v) is 8.37. The normalized spacial score (nSPS) is 48.7. The van der Waals surface area contributed by atoms with Gasteiger partial charge in [0.05, 0.1) is 6.10 Å². The molecule has 210 valence electrons. The Morgan fingerprint density at radius 2 is 1.55 bits per heavy atom. The number of hydrogen-bond acceptors (Lipinski definition) is 12. The van der Waals surface area contributed by atoms with Crippen molar-refractivity contribution >= 4 is 23.9 Å². The zero-order valence-corrected chi connectivity index (χ0v) is 22.3. The molecule has 2 heterocycles. The molecule has 0 aromatic carbocycles. The fraction of sp³-hybridized carbons (Fsp3) is 0.692. The van der Waals surface area contributed by atoms with Crippen LogP contribution in [0.2, 0.25) is 0 Å². The molecular weight excluding hydrogens is 504 g/mol. The van der Waals surface area contributed by atoms with Crippen LogP contribution >= 0.6 is 0 Å². The number of hydrogen-bond donors (Lipinski definition) is 3. The lowest BCUT2D eigenvalue weighted by Gasteiger charge is -2.55. The number of fused-ring (bicyclic) bond motifs is 1. The average molecular weight is 539 g/mol. The van der Waals surface area contributed by atoms with E-state index in [1.165, 1.54) is 45.9 Å². The van der Waals surface area contributed by atoms with Crippen molar-refractivity contribution < 1.29 is 58.2 Å². The molecule has 11 atom stereocenters. The molecule has 2 fully saturated rings. The van der Waals surface area contributed by atoms with E-state index < -0.39 is 88.6 Å². The lowest BCUT2D eigenvalue weighted by Crippen LogP contribution is -2.68. The summed E-state index contributed by atoms with van der Waals surface area (Å²) in [6.45, 7) is 9.26. The summed E-state index contributed by atoms with van der Waals surface area (Å²) < 4.78 is 28.2. The first-order valence-corrected chi connectivity index (χ1v) is 12.3. The average Bonchev–Trinajstić information content (AvgIpc) is 3.38. The minimum absolute atomic E-state index is 0.247. The molecule has 4 aliphatic rings. The monoisotopic (exact) mass is 538 g/mol. The van der Waals surface area contributed by atoms with E-state index in [1.54, 1.807) is 0 Å². The Hall–Kier alpha value is -2.80. The van der Waals surface area contributed by atoms with Crippen LogP contribution in [-0.4, -0.2) is 92.6 Å². The van der Waals surface area contributed by atoms with Gasteiger partial charge in [-0.1, -0.05) is 13.0 Å². The summed E-state index contributed by atoms with van der Waals surface area (Å²) in [5, 5.41) is 35.0. The molecule has 0 radical (unpaired) electrons. The second kappa shape index (κ2) is 8.87. The number of ether oxygens (including phenoxy) is 5. The van der Waals surface area contributed by atoms with Crippen molar-refractivity contribution in [1.82, 2.24) is 0 Å². The number of carbonyl (C=O) groups is 4. The van der Waals surface area contributed by atoms with Crippen molar-refractivity contribution in [2.75, 3.05) is 0 Å². The summed E-state index contributed by atoms with van der Waals surface area (Å²) in [5.74, 6) is -4.32. The lowest BCUT2D eigenvalue weighted by atomic mass is 9.55. The van der Waals surface area contributed by atoms with Crippen LogP contribution in [0.25, 0.3) is 0 Å². The van der Waals surface area contributed by atoms with Gasteiger partial charge < -0.3 is 39.0 Å². The molecule has 0 aromatic rings. The summed E-state index contributed by atoms with van der Waals surface area (Å²) in [6, 6.07) is 0. The third-order valence-electron chi connectivity index (χ3n) is 8.37. The largest absolute Gasteiger partial charge is 0.459 e. The predicted molar refractivity (Wildman–Crippen MR) is 126 cm³/mol. The second-order valence-electron chi connectivity index (χ2n) is 11.1. The Labute approximate surface area is 219 Å². The van der Waals surface area contributed by atoms with E-state index in [9.17, 15) is 34.5 Å². The molecule has 2 saturated heterocycles. The van der Waals surface area contributed by atoms with Gasteiger partial charge in [-0.2, -0.15) is 0 Å². The number of esters is 4. The van der Waals surface area contributed by atoms with Crippen LogP contribution in [0.15, 0.2) is 23.8 Å². The van der Waals surface area contributed by atoms with Crippen LogP contribution in [0.4, 0.5) is 0 Å². The first kappa shape index (κ1) is 28.2. The van der Waals surface area contributed by atoms with E-state index in [4.69, 9.17) is 23.7 Å². The zero-order valence-electron chi connectivity index (χ0n) is 22.3. The molecule has 0 bridgehead atoms. The van der Waals surface area contributed by atoms with Crippen LogP contribution in [0.3, 0.4) is 0 Å². The molecule has 2 unspecified atom stereocenters. The van der Waals surface area contributed by atoms with Crippen molar-refractivity contribution in [1.29, 1.82) is 0 Å². The molecular formula is C26H34O12. The van der Waals surface area contributed by atoms with E-state index in [0.717, 1.165) is 20.8 Å². The van der Waals surface area contributed by atoms with E-state index in [-0.39, 0.29) is 5.57 Å². The van der Waals surface area contributed by atoms with Gasteiger partial charge in [0.1, 0.15) is 23.9 Å². The Balaban J connectivity index is 2.03. The summed E-state index contributed by atoms with van der Waals surface area (Å²) in [7, 11) is 0. The predicted octanol–water partition coefficient (Wildman–Crippen LogP) is -0.140. The topological polar surface area (TPSA) is 178 Å². The minimum atomic E-state index is -2.04. The Morgan fingerprint density at radius 3 is 2.08 bits per heavy atom. The maximum Gasteiger partial charge on any atom is 0.342 e. The van der Waals surface area contributed by atoms with E-state index in [2.05, 4.69) is 0 Å². The van der Waals surface area contributed by atoms with Gasteiger partial charge in [-0.3, -0.25) is 14.4 Å². The molecule has 0 amide bonds. The Kier molecular flexibility index (Phi) is 6.58. The smallest absolute Gasteiger partial charge is 0.342 e. The van der Waals surface area contributed by atoms with Crippen LogP contribution in [-0.2, 0) is 42.9 Å². The minimum Gasteiger partial charge on any atom is -0.459 e. The molecule has 0 aromatic heterocycles. The fourth-order valence-electron chi connectivity index (χ4n) is 6.52. The molecule has 12 heteroatoms. The van der Waals surface area contributed by atoms with E-state index in [1.807, 2.05) is 0 Å². The highest BCUT2D eigenvalue weighted by Gasteiger charge is 2.87. The second-order valence-corrected chi connectivity index (χ2v) is 11.1. The van der Waals surface area contributed by atoms with Crippen molar-refractivity contribution in [2.45, 2.75) is 102 Å². The molecule has 12 nitrogen and oxygen atoms in total. The quantitative estimate of drug-likeness (QED) is 0.188. The number of rotatable bonds is 3. The Morgan fingerprint density at radius 1 is 0.974 bits per heavy atom. The molecule has 4 rings (SSSR count). The van der Waals surface area contributed by atoms with Crippen LogP contribution in [0, 0.1) is 11.3 Å². The van der Waals surface area contributed by atoms with Crippen molar-refractivity contribution in [3.63, 3.8) is 0 Å². The SMILES string of the molecule is CC(=O)OC1/C(C)=C\[C@@H]2OC(=O)[C@]3(C)O[C@]23C(OC(C)=O)[C@H]2[C@](C)(O)[C@H](OC(C)=O)C=C[C@]2(C)[C@@H](O)[C@@H]1O. The van der Waals surface area contributed by atoms with Crippen molar-refractivity contribution in [2.24, 2.45) is 11.3 Å². The summed E-state index contributed by atoms with van der Waals surface area (Å²) >= 11 is 0. The van der Waals surface area contributed by atoms with E-state index in [0.29, 0.717) is 0 Å². The van der Waals surface area contributed by atoms with Crippen LogP contribution < -0.4 is 0 Å².